The van der Waals surface area contributed by atoms with Crippen LogP contribution in [0.2, 0.25) is 5.15 Å². The molecule has 108 valence electrons. The molecule has 0 bridgehead atoms. The second-order valence-corrected chi connectivity index (χ2v) is 6.35. The molecule has 0 unspecified atom stereocenters. The van der Waals surface area contributed by atoms with Gasteiger partial charge in [-0.1, -0.05) is 37.8 Å². The predicted molar refractivity (Wildman–Crippen MR) is 80.7 cm³/mol. The fourth-order valence-electron chi connectivity index (χ4n) is 3.36. The molecule has 1 saturated carbocycles. The van der Waals surface area contributed by atoms with Crippen molar-refractivity contribution in [2.75, 3.05) is 13.1 Å². The molecule has 19 heavy (non-hydrogen) atoms. The van der Waals surface area contributed by atoms with E-state index in [1.165, 1.54) is 37.7 Å². The van der Waals surface area contributed by atoms with Crippen LogP contribution in [-0.2, 0) is 13.5 Å². The first-order valence-electron chi connectivity index (χ1n) is 7.47. The van der Waals surface area contributed by atoms with E-state index in [1.807, 2.05) is 7.05 Å². The van der Waals surface area contributed by atoms with E-state index in [4.69, 9.17) is 11.6 Å². The summed E-state index contributed by atoms with van der Waals surface area (Å²) in [4.78, 5) is 0. The van der Waals surface area contributed by atoms with Gasteiger partial charge in [0.1, 0.15) is 5.15 Å². The Labute approximate surface area is 121 Å². The van der Waals surface area contributed by atoms with Crippen LogP contribution in [0.25, 0.3) is 0 Å². The van der Waals surface area contributed by atoms with E-state index in [-0.39, 0.29) is 0 Å². The summed E-state index contributed by atoms with van der Waals surface area (Å²) >= 11 is 6.41. The molecular formula is C15H26ClN3. The van der Waals surface area contributed by atoms with Crippen LogP contribution in [0.15, 0.2) is 0 Å². The van der Waals surface area contributed by atoms with Gasteiger partial charge in [0.05, 0.1) is 5.69 Å². The van der Waals surface area contributed by atoms with E-state index in [9.17, 15) is 0 Å². The van der Waals surface area contributed by atoms with Crippen LogP contribution in [0.5, 0.6) is 0 Å². The molecule has 3 nitrogen and oxygen atoms in total. The minimum absolute atomic E-state index is 0.381. The highest BCUT2D eigenvalue weighted by molar-refractivity contribution is 6.30. The average Bonchev–Trinajstić information content (AvgIpc) is 2.64. The molecule has 1 aromatic rings. The van der Waals surface area contributed by atoms with Crippen LogP contribution in [0.1, 0.15) is 50.3 Å². The van der Waals surface area contributed by atoms with E-state index in [0.717, 1.165) is 30.4 Å². The Morgan fingerprint density at radius 1 is 1.32 bits per heavy atom. The van der Waals surface area contributed by atoms with Gasteiger partial charge in [-0.15, -0.1) is 0 Å². The molecule has 1 heterocycles. The molecule has 2 rings (SSSR count). The summed E-state index contributed by atoms with van der Waals surface area (Å²) in [6, 6.07) is 0. The van der Waals surface area contributed by atoms with Gasteiger partial charge >= 0.3 is 0 Å². The molecule has 1 aliphatic rings. The van der Waals surface area contributed by atoms with Gasteiger partial charge in [-0.05, 0) is 38.1 Å². The lowest BCUT2D eigenvalue weighted by molar-refractivity contribution is 0.182. The highest BCUT2D eigenvalue weighted by Crippen LogP contribution is 2.40. The molecule has 1 aromatic heterocycles. The van der Waals surface area contributed by atoms with E-state index in [1.54, 1.807) is 4.68 Å². The van der Waals surface area contributed by atoms with E-state index >= 15 is 0 Å². The monoisotopic (exact) mass is 283 g/mol. The maximum Gasteiger partial charge on any atom is 0.130 e. The van der Waals surface area contributed by atoms with Gasteiger partial charge in [-0.2, -0.15) is 5.10 Å². The minimum atomic E-state index is 0.381. The second-order valence-electron chi connectivity index (χ2n) is 6.00. The largest absolute Gasteiger partial charge is 0.316 e. The number of nitrogens with zero attached hydrogens (tertiary/aromatic N) is 2. The number of halogens is 1. The summed E-state index contributed by atoms with van der Waals surface area (Å²) in [5.74, 6) is 0. The Balaban J connectivity index is 2.19. The fourth-order valence-corrected chi connectivity index (χ4v) is 3.60. The molecule has 0 aromatic carbocycles. The number of nitrogens with one attached hydrogen (secondary N) is 1. The zero-order chi connectivity index (χ0) is 13.9. The van der Waals surface area contributed by atoms with Gasteiger partial charge in [0, 0.05) is 19.2 Å². The van der Waals surface area contributed by atoms with Gasteiger partial charge < -0.3 is 5.32 Å². The molecule has 1 fully saturated rings. The van der Waals surface area contributed by atoms with Gasteiger partial charge in [-0.25, -0.2) is 0 Å². The van der Waals surface area contributed by atoms with Crippen LogP contribution in [-0.4, -0.2) is 22.9 Å². The van der Waals surface area contributed by atoms with Crippen molar-refractivity contribution in [2.24, 2.45) is 12.5 Å². The maximum absolute atomic E-state index is 6.41. The first kappa shape index (κ1) is 14.9. The Kier molecular flexibility index (Phi) is 4.91. The Bertz CT molecular complexity index is 419. The second kappa shape index (κ2) is 6.27. The summed E-state index contributed by atoms with van der Waals surface area (Å²) in [6.07, 6.45) is 7.77. The summed E-state index contributed by atoms with van der Waals surface area (Å²) in [5, 5.41) is 8.82. The summed E-state index contributed by atoms with van der Waals surface area (Å²) in [5.41, 5.74) is 2.73. The molecule has 0 saturated heterocycles. The predicted octanol–water partition coefficient (Wildman–Crippen LogP) is 3.48. The molecule has 0 amide bonds. The number of aromatic nitrogens is 2. The van der Waals surface area contributed by atoms with Crippen LogP contribution in [0.4, 0.5) is 0 Å². The Morgan fingerprint density at radius 2 is 2.00 bits per heavy atom. The molecule has 0 aliphatic heterocycles. The van der Waals surface area contributed by atoms with E-state index in [2.05, 4.69) is 24.3 Å². The van der Waals surface area contributed by atoms with Crippen LogP contribution >= 0.6 is 11.6 Å². The Morgan fingerprint density at radius 3 is 2.53 bits per heavy atom. The van der Waals surface area contributed by atoms with Crippen molar-refractivity contribution in [1.82, 2.24) is 15.1 Å². The smallest absolute Gasteiger partial charge is 0.130 e. The third-order valence-electron chi connectivity index (χ3n) is 4.49. The first-order chi connectivity index (χ1) is 9.08. The Hall–Kier alpha value is -0.540. The SMILES string of the molecule is CCNCC1(Cc2c(C)nn(C)c2Cl)CCCCC1. The van der Waals surface area contributed by atoms with Gasteiger partial charge in [-0.3, -0.25) is 4.68 Å². The molecule has 1 N–H and O–H groups in total. The van der Waals surface area contributed by atoms with Crippen molar-refractivity contribution < 1.29 is 0 Å². The number of rotatable bonds is 5. The van der Waals surface area contributed by atoms with Crippen molar-refractivity contribution in [3.63, 3.8) is 0 Å². The third-order valence-corrected chi connectivity index (χ3v) is 4.96. The zero-order valence-corrected chi connectivity index (χ0v) is 13.2. The summed E-state index contributed by atoms with van der Waals surface area (Å²) < 4.78 is 1.80. The van der Waals surface area contributed by atoms with Crippen molar-refractivity contribution in [1.29, 1.82) is 0 Å². The van der Waals surface area contributed by atoms with Crippen LogP contribution < -0.4 is 5.32 Å². The molecular weight excluding hydrogens is 258 g/mol. The van der Waals surface area contributed by atoms with Crippen molar-refractivity contribution in [3.8, 4) is 0 Å². The molecule has 4 heteroatoms. The summed E-state index contributed by atoms with van der Waals surface area (Å²) in [6.45, 7) is 6.40. The highest BCUT2D eigenvalue weighted by Gasteiger charge is 2.33. The molecule has 1 aliphatic carbocycles. The first-order valence-corrected chi connectivity index (χ1v) is 7.84. The van der Waals surface area contributed by atoms with Gasteiger partial charge in [0.15, 0.2) is 0 Å². The van der Waals surface area contributed by atoms with Crippen LogP contribution in [0.3, 0.4) is 0 Å². The average molecular weight is 284 g/mol. The summed E-state index contributed by atoms with van der Waals surface area (Å²) in [7, 11) is 1.93. The molecule has 0 radical (unpaired) electrons. The van der Waals surface area contributed by atoms with E-state index in [0.29, 0.717) is 5.41 Å². The standard InChI is InChI=1S/C15H26ClN3/c1-4-17-11-15(8-6-5-7-9-15)10-13-12(2)18-19(3)14(13)16/h17H,4-11H2,1-3H3. The minimum Gasteiger partial charge on any atom is -0.316 e. The number of aryl methyl sites for hydroxylation is 2. The third kappa shape index (κ3) is 3.32. The maximum atomic E-state index is 6.41. The highest BCUT2D eigenvalue weighted by atomic mass is 35.5. The van der Waals surface area contributed by atoms with Gasteiger partial charge in [0.2, 0.25) is 0 Å². The fraction of sp³-hybridized carbons (Fsp3) is 0.800. The van der Waals surface area contributed by atoms with E-state index < -0.39 is 0 Å². The van der Waals surface area contributed by atoms with Gasteiger partial charge in [0.25, 0.3) is 0 Å². The quantitative estimate of drug-likeness (QED) is 0.896. The topological polar surface area (TPSA) is 29.9 Å². The number of hydrogen-bond donors (Lipinski definition) is 1. The molecule has 0 spiro atoms. The normalized spacial score (nSPS) is 18.7. The molecule has 0 atom stereocenters. The lowest BCUT2D eigenvalue weighted by atomic mass is 9.70. The van der Waals surface area contributed by atoms with Crippen molar-refractivity contribution in [3.05, 3.63) is 16.4 Å². The van der Waals surface area contributed by atoms with Crippen molar-refractivity contribution >= 4 is 11.6 Å². The lowest BCUT2D eigenvalue weighted by Gasteiger charge is -2.37. The lowest BCUT2D eigenvalue weighted by Crippen LogP contribution is -2.38. The number of hydrogen-bond acceptors (Lipinski definition) is 2. The zero-order valence-electron chi connectivity index (χ0n) is 12.4. The van der Waals surface area contributed by atoms with Crippen LogP contribution in [0, 0.1) is 12.3 Å². The van der Waals surface area contributed by atoms with Crippen molar-refractivity contribution in [2.45, 2.75) is 52.4 Å².